The van der Waals surface area contributed by atoms with Gasteiger partial charge in [-0.05, 0) is 12.1 Å². The number of hydrogen-bond donors (Lipinski definition) is 0. The fourth-order valence-corrected chi connectivity index (χ4v) is 1.35. The van der Waals surface area contributed by atoms with Gasteiger partial charge < -0.3 is 14.1 Å². The number of nitrogens with zero attached hydrogens (tertiary/aromatic N) is 1. The lowest BCUT2D eigenvalue weighted by Crippen LogP contribution is -2.40. The lowest BCUT2D eigenvalue weighted by Gasteiger charge is -2.22. The molecule has 0 saturated heterocycles. The molecule has 0 atom stereocenters. The second kappa shape index (κ2) is 6.26. The molecule has 1 aromatic heterocycles. The SMILES string of the molecule is COC(=O)CCN(CC(F)(F)F)C(=O)c1ccco1. The molecule has 106 valence electrons. The fourth-order valence-electron chi connectivity index (χ4n) is 1.35. The van der Waals surface area contributed by atoms with E-state index in [9.17, 15) is 22.8 Å². The van der Waals surface area contributed by atoms with Crippen LogP contribution in [-0.4, -0.2) is 43.2 Å². The molecule has 0 aromatic carbocycles. The third kappa shape index (κ3) is 5.02. The van der Waals surface area contributed by atoms with E-state index in [0.717, 1.165) is 7.11 Å². The average molecular weight is 279 g/mol. The Morgan fingerprint density at radius 3 is 2.58 bits per heavy atom. The number of esters is 1. The molecule has 8 heteroatoms. The molecule has 19 heavy (non-hydrogen) atoms. The normalized spacial score (nSPS) is 11.2. The average Bonchev–Trinajstić information content (AvgIpc) is 2.85. The Bertz CT molecular complexity index is 428. The van der Waals surface area contributed by atoms with E-state index in [1.54, 1.807) is 0 Å². The number of halogens is 3. The molecular weight excluding hydrogens is 267 g/mol. The highest BCUT2D eigenvalue weighted by molar-refractivity contribution is 5.91. The fraction of sp³-hybridized carbons (Fsp3) is 0.455. The second-order valence-electron chi connectivity index (χ2n) is 3.65. The van der Waals surface area contributed by atoms with Crippen molar-refractivity contribution in [1.82, 2.24) is 4.90 Å². The Kier molecular flexibility index (Phi) is 4.96. The van der Waals surface area contributed by atoms with Crippen LogP contribution in [0.3, 0.4) is 0 Å². The number of amides is 1. The minimum atomic E-state index is -4.56. The van der Waals surface area contributed by atoms with E-state index in [1.165, 1.54) is 18.4 Å². The zero-order valence-electron chi connectivity index (χ0n) is 10.1. The quantitative estimate of drug-likeness (QED) is 0.772. The van der Waals surface area contributed by atoms with Gasteiger partial charge in [0.25, 0.3) is 5.91 Å². The highest BCUT2D eigenvalue weighted by Crippen LogP contribution is 2.18. The highest BCUT2D eigenvalue weighted by Gasteiger charge is 2.34. The molecule has 1 rings (SSSR count). The van der Waals surface area contributed by atoms with Crippen molar-refractivity contribution in [3.63, 3.8) is 0 Å². The monoisotopic (exact) mass is 279 g/mol. The number of carbonyl (C=O) groups is 2. The first-order chi connectivity index (χ1) is 8.83. The van der Waals surface area contributed by atoms with Gasteiger partial charge in [0.2, 0.25) is 0 Å². The van der Waals surface area contributed by atoms with Crippen molar-refractivity contribution in [3.8, 4) is 0 Å². The van der Waals surface area contributed by atoms with Gasteiger partial charge in [-0.15, -0.1) is 0 Å². The van der Waals surface area contributed by atoms with Gasteiger partial charge in [-0.25, -0.2) is 0 Å². The Balaban J connectivity index is 2.74. The van der Waals surface area contributed by atoms with Crippen LogP contribution in [0.4, 0.5) is 13.2 Å². The number of alkyl halides is 3. The molecule has 0 spiro atoms. The van der Waals surface area contributed by atoms with E-state index in [1.807, 2.05) is 0 Å². The Labute approximate surface area is 106 Å². The van der Waals surface area contributed by atoms with Crippen molar-refractivity contribution in [2.24, 2.45) is 0 Å². The standard InChI is InChI=1S/C11H12F3NO4/c1-18-9(16)4-5-15(7-11(12,13)14)10(17)8-3-2-6-19-8/h2-3,6H,4-5,7H2,1H3. The van der Waals surface area contributed by atoms with Crippen LogP contribution in [0.25, 0.3) is 0 Å². The van der Waals surface area contributed by atoms with Gasteiger partial charge in [0.1, 0.15) is 6.54 Å². The summed E-state index contributed by atoms with van der Waals surface area (Å²) < 4.78 is 46.2. The van der Waals surface area contributed by atoms with Gasteiger partial charge >= 0.3 is 12.1 Å². The van der Waals surface area contributed by atoms with E-state index < -0.39 is 31.1 Å². The maximum Gasteiger partial charge on any atom is 0.406 e. The van der Waals surface area contributed by atoms with Crippen LogP contribution in [0.2, 0.25) is 0 Å². The molecule has 0 aliphatic carbocycles. The summed E-state index contributed by atoms with van der Waals surface area (Å²) in [5.41, 5.74) is 0. The summed E-state index contributed by atoms with van der Waals surface area (Å²) in [6.45, 7) is -1.85. The summed E-state index contributed by atoms with van der Waals surface area (Å²) in [4.78, 5) is 23.2. The molecule has 0 bridgehead atoms. The molecular formula is C11H12F3NO4. The van der Waals surface area contributed by atoms with Crippen LogP contribution < -0.4 is 0 Å². The summed E-state index contributed by atoms with van der Waals surface area (Å²) in [5, 5.41) is 0. The van der Waals surface area contributed by atoms with Crippen LogP contribution in [0.1, 0.15) is 17.0 Å². The number of furan rings is 1. The van der Waals surface area contributed by atoms with Crippen molar-refractivity contribution in [2.45, 2.75) is 12.6 Å². The van der Waals surface area contributed by atoms with E-state index in [2.05, 4.69) is 4.74 Å². The molecule has 1 amide bonds. The Morgan fingerprint density at radius 1 is 1.42 bits per heavy atom. The van der Waals surface area contributed by atoms with Gasteiger partial charge in [0.05, 0.1) is 19.8 Å². The molecule has 0 aliphatic heterocycles. The summed E-state index contributed by atoms with van der Waals surface area (Å²) in [6, 6.07) is 2.64. The molecule has 5 nitrogen and oxygen atoms in total. The number of ether oxygens (including phenoxy) is 1. The van der Waals surface area contributed by atoms with E-state index in [4.69, 9.17) is 4.42 Å². The van der Waals surface area contributed by atoms with Gasteiger partial charge in [-0.1, -0.05) is 0 Å². The first-order valence-electron chi connectivity index (χ1n) is 5.30. The number of carbonyl (C=O) groups excluding carboxylic acids is 2. The van der Waals surface area contributed by atoms with E-state index in [-0.39, 0.29) is 12.2 Å². The molecule has 1 aromatic rings. The largest absolute Gasteiger partial charge is 0.469 e. The number of rotatable bonds is 5. The summed E-state index contributed by atoms with van der Waals surface area (Å²) in [7, 11) is 1.12. The van der Waals surface area contributed by atoms with Crippen molar-refractivity contribution >= 4 is 11.9 Å². The smallest absolute Gasteiger partial charge is 0.406 e. The molecule has 0 aliphatic rings. The third-order valence-electron chi connectivity index (χ3n) is 2.20. The second-order valence-corrected chi connectivity index (χ2v) is 3.65. The number of hydrogen-bond acceptors (Lipinski definition) is 4. The lowest BCUT2D eigenvalue weighted by atomic mass is 10.3. The van der Waals surface area contributed by atoms with Crippen molar-refractivity contribution in [2.75, 3.05) is 20.2 Å². The Hall–Kier alpha value is -1.99. The van der Waals surface area contributed by atoms with E-state index >= 15 is 0 Å². The predicted molar refractivity (Wildman–Crippen MR) is 57.3 cm³/mol. The highest BCUT2D eigenvalue weighted by atomic mass is 19.4. The summed E-state index contributed by atoms with van der Waals surface area (Å²) in [6.07, 6.45) is -3.70. The maximum atomic E-state index is 12.4. The van der Waals surface area contributed by atoms with Crippen LogP contribution in [0.15, 0.2) is 22.8 Å². The summed E-state index contributed by atoms with van der Waals surface area (Å²) >= 11 is 0. The first-order valence-corrected chi connectivity index (χ1v) is 5.30. The maximum absolute atomic E-state index is 12.4. The van der Waals surface area contributed by atoms with Gasteiger partial charge in [0.15, 0.2) is 5.76 Å². The summed E-state index contributed by atoms with van der Waals surface area (Å²) in [5.74, 6) is -1.83. The molecule has 0 N–H and O–H groups in total. The van der Waals surface area contributed by atoms with Crippen LogP contribution in [0, 0.1) is 0 Å². The van der Waals surface area contributed by atoms with Crippen molar-refractivity contribution in [1.29, 1.82) is 0 Å². The van der Waals surface area contributed by atoms with E-state index in [0.29, 0.717) is 4.90 Å². The van der Waals surface area contributed by atoms with Gasteiger partial charge in [-0.2, -0.15) is 13.2 Å². The van der Waals surface area contributed by atoms with Crippen molar-refractivity contribution < 1.29 is 31.9 Å². The zero-order chi connectivity index (χ0) is 14.5. The number of methoxy groups -OCH3 is 1. The molecule has 0 unspecified atom stereocenters. The third-order valence-corrected chi connectivity index (χ3v) is 2.20. The molecule has 0 fully saturated rings. The minimum absolute atomic E-state index is 0.214. The van der Waals surface area contributed by atoms with Crippen LogP contribution >= 0.6 is 0 Å². The minimum Gasteiger partial charge on any atom is -0.469 e. The first kappa shape index (κ1) is 15.1. The molecule has 0 radical (unpaired) electrons. The predicted octanol–water partition coefficient (Wildman–Crippen LogP) is 1.85. The lowest BCUT2D eigenvalue weighted by molar-refractivity contribution is -0.147. The molecule has 1 heterocycles. The van der Waals surface area contributed by atoms with Gasteiger partial charge in [-0.3, -0.25) is 9.59 Å². The zero-order valence-corrected chi connectivity index (χ0v) is 10.1. The topological polar surface area (TPSA) is 59.8 Å². The van der Waals surface area contributed by atoms with Crippen molar-refractivity contribution in [3.05, 3.63) is 24.2 Å². The Morgan fingerprint density at radius 2 is 2.11 bits per heavy atom. The molecule has 0 saturated carbocycles. The van der Waals surface area contributed by atoms with Crippen LogP contribution in [-0.2, 0) is 9.53 Å². The van der Waals surface area contributed by atoms with Crippen LogP contribution in [0.5, 0.6) is 0 Å². The van der Waals surface area contributed by atoms with Gasteiger partial charge in [0, 0.05) is 6.54 Å².